The zero-order valence-corrected chi connectivity index (χ0v) is 13.5. The van der Waals surface area contributed by atoms with Crippen LogP contribution in [0.25, 0.3) is 0 Å². The molecule has 1 unspecified atom stereocenters. The molecule has 0 radical (unpaired) electrons. The van der Waals surface area contributed by atoms with Crippen LogP contribution in [-0.4, -0.2) is 35.0 Å². The summed E-state index contributed by atoms with van der Waals surface area (Å²) >= 11 is 1.67. The predicted octanol–water partition coefficient (Wildman–Crippen LogP) is 3.27. The Morgan fingerprint density at radius 1 is 1.41 bits per heavy atom. The van der Waals surface area contributed by atoms with Gasteiger partial charge in [-0.3, -0.25) is 4.79 Å². The molecule has 3 heterocycles. The number of thiophene rings is 1. The molecule has 1 fully saturated rings. The molecule has 5 heteroatoms. The molecule has 1 aliphatic rings. The van der Waals surface area contributed by atoms with Crippen LogP contribution in [0.2, 0.25) is 0 Å². The number of carbonyl (C=O) groups is 1. The van der Waals surface area contributed by atoms with E-state index in [0.717, 1.165) is 25.1 Å². The van der Waals surface area contributed by atoms with Crippen molar-refractivity contribution in [3.8, 4) is 0 Å². The Balaban J connectivity index is 1.78. The normalized spacial score (nSPS) is 17.6. The minimum atomic E-state index is -0.0207. The average Bonchev–Trinajstić information content (AvgIpc) is 3.19. The Hall–Kier alpha value is -1.72. The quantitative estimate of drug-likeness (QED) is 0.850. The van der Waals surface area contributed by atoms with Gasteiger partial charge in [0.1, 0.15) is 5.69 Å². The summed E-state index contributed by atoms with van der Waals surface area (Å²) in [4.78, 5) is 20.2. The van der Waals surface area contributed by atoms with Crippen molar-refractivity contribution < 1.29 is 9.53 Å². The largest absolute Gasteiger partial charge is 0.376 e. The van der Waals surface area contributed by atoms with Gasteiger partial charge < -0.3 is 9.64 Å². The summed E-state index contributed by atoms with van der Waals surface area (Å²) in [6, 6.07) is 9.64. The van der Waals surface area contributed by atoms with Gasteiger partial charge in [-0.2, -0.15) is 0 Å². The molecular formula is C17H20N2O2S. The third-order valence-electron chi connectivity index (χ3n) is 3.77. The van der Waals surface area contributed by atoms with E-state index in [1.165, 1.54) is 4.88 Å². The summed E-state index contributed by atoms with van der Waals surface area (Å²) < 4.78 is 5.70. The van der Waals surface area contributed by atoms with Crippen LogP contribution in [0.5, 0.6) is 0 Å². The first-order chi connectivity index (χ1) is 10.7. The first-order valence-corrected chi connectivity index (χ1v) is 8.47. The molecule has 0 N–H and O–H groups in total. The summed E-state index contributed by atoms with van der Waals surface area (Å²) in [5.41, 5.74) is 1.37. The molecule has 2 aromatic rings. The Bertz CT molecular complexity index is 621. The van der Waals surface area contributed by atoms with Crippen LogP contribution in [0.4, 0.5) is 0 Å². The van der Waals surface area contributed by atoms with Gasteiger partial charge in [0.15, 0.2) is 0 Å². The molecule has 1 aliphatic heterocycles. The topological polar surface area (TPSA) is 42.4 Å². The highest BCUT2D eigenvalue weighted by Crippen LogP contribution is 2.18. The van der Waals surface area contributed by atoms with Gasteiger partial charge in [0.25, 0.3) is 5.91 Å². The van der Waals surface area contributed by atoms with Crippen LogP contribution < -0.4 is 0 Å². The Morgan fingerprint density at radius 3 is 3.00 bits per heavy atom. The monoisotopic (exact) mass is 316 g/mol. The lowest BCUT2D eigenvalue weighted by molar-refractivity contribution is 0.0505. The van der Waals surface area contributed by atoms with Crippen molar-refractivity contribution in [2.75, 3.05) is 13.2 Å². The summed E-state index contributed by atoms with van der Waals surface area (Å²) in [6.45, 7) is 3.95. The maximum Gasteiger partial charge on any atom is 0.272 e. The van der Waals surface area contributed by atoms with Crippen LogP contribution in [0.15, 0.2) is 35.7 Å². The number of hydrogen-bond donors (Lipinski definition) is 0. The molecular weight excluding hydrogens is 296 g/mol. The van der Waals surface area contributed by atoms with Gasteiger partial charge in [0, 0.05) is 23.7 Å². The van der Waals surface area contributed by atoms with E-state index >= 15 is 0 Å². The zero-order valence-electron chi connectivity index (χ0n) is 12.7. The van der Waals surface area contributed by atoms with Crippen LogP contribution >= 0.6 is 11.3 Å². The molecule has 0 saturated carbocycles. The van der Waals surface area contributed by atoms with E-state index in [2.05, 4.69) is 11.1 Å². The summed E-state index contributed by atoms with van der Waals surface area (Å²) in [5, 5.41) is 2.04. The number of hydrogen-bond acceptors (Lipinski definition) is 4. The summed E-state index contributed by atoms with van der Waals surface area (Å²) in [7, 11) is 0. The number of pyridine rings is 1. The fourth-order valence-corrected chi connectivity index (χ4v) is 3.39. The third kappa shape index (κ3) is 3.72. The van der Waals surface area contributed by atoms with Crippen LogP contribution in [0.1, 0.15) is 33.9 Å². The predicted molar refractivity (Wildman–Crippen MR) is 87.0 cm³/mol. The number of ether oxygens (including phenoxy) is 1. The Kier molecular flexibility index (Phi) is 4.85. The molecule has 0 aromatic carbocycles. The average molecular weight is 316 g/mol. The third-order valence-corrected chi connectivity index (χ3v) is 4.63. The zero-order chi connectivity index (χ0) is 15.4. The SMILES string of the molecule is Cc1cccc(C(=O)N(Cc2cccs2)CC2CCCO2)n1. The van der Waals surface area contributed by atoms with E-state index in [1.807, 2.05) is 35.4 Å². The van der Waals surface area contributed by atoms with Gasteiger partial charge in [-0.25, -0.2) is 4.98 Å². The van der Waals surface area contributed by atoms with Crippen LogP contribution in [-0.2, 0) is 11.3 Å². The van der Waals surface area contributed by atoms with E-state index < -0.39 is 0 Å². The van der Waals surface area contributed by atoms with Gasteiger partial charge in [-0.05, 0) is 43.3 Å². The molecule has 2 aromatic heterocycles. The van der Waals surface area contributed by atoms with E-state index in [-0.39, 0.29) is 12.0 Å². The number of nitrogens with zero attached hydrogens (tertiary/aromatic N) is 2. The molecule has 22 heavy (non-hydrogen) atoms. The van der Waals surface area contributed by atoms with Crippen molar-refractivity contribution in [2.24, 2.45) is 0 Å². The number of amides is 1. The van der Waals surface area contributed by atoms with Gasteiger partial charge in [-0.15, -0.1) is 11.3 Å². The molecule has 0 aliphatic carbocycles. The second-order valence-corrected chi connectivity index (χ2v) is 6.60. The maximum atomic E-state index is 12.8. The second-order valence-electron chi connectivity index (χ2n) is 5.56. The standard InChI is InChI=1S/C17H20N2O2S/c1-13-5-2-8-16(18-13)17(20)19(11-14-6-3-9-21-14)12-15-7-4-10-22-15/h2,4-5,7-8,10,14H,3,6,9,11-12H2,1H3. The fourth-order valence-electron chi connectivity index (χ4n) is 2.67. The van der Waals surface area contributed by atoms with E-state index in [9.17, 15) is 4.79 Å². The molecule has 4 nitrogen and oxygen atoms in total. The molecule has 1 amide bonds. The van der Waals surface area contributed by atoms with E-state index in [1.54, 1.807) is 17.4 Å². The Morgan fingerprint density at radius 2 is 2.32 bits per heavy atom. The first kappa shape index (κ1) is 15.2. The summed E-state index contributed by atoms with van der Waals surface area (Å²) in [6.07, 6.45) is 2.25. The lowest BCUT2D eigenvalue weighted by Gasteiger charge is -2.24. The highest BCUT2D eigenvalue weighted by Gasteiger charge is 2.24. The number of rotatable bonds is 5. The highest BCUT2D eigenvalue weighted by molar-refractivity contribution is 7.09. The lowest BCUT2D eigenvalue weighted by Crippen LogP contribution is -2.37. The van der Waals surface area contributed by atoms with Crippen molar-refractivity contribution in [2.45, 2.75) is 32.4 Å². The minimum absolute atomic E-state index is 0.0207. The van der Waals surface area contributed by atoms with Crippen molar-refractivity contribution in [3.63, 3.8) is 0 Å². The van der Waals surface area contributed by atoms with Crippen LogP contribution in [0, 0.1) is 6.92 Å². The molecule has 3 rings (SSSR count). The molecule has 0 bridgehead atoms. The van der Waals surface area contributed by atoms with E-state index in [4.69, 9.17) is 4.74 Å². The fraction of sp³-hybridized carbons (Fsp3) is 0.412. The minimum Gasteiger partial charge on any atom is -0.376 e. The maximum absolute atomic E-state index is 12.8. The lowest BCUT2D eigenvalue weighted by atomic mass is 10.2. The highest BCUT2D eigenvalue weighted by atomic mass is 32.1. The van der Waals surface area contributed by atoms with Crippen molar-refractivity contribution >= 4 is 17.2 Å². The molecule has 0 spiro atoms. The summed E-state index contributed by atoms with van der Waals surface area (Å²) in [5.74, 6) is -0.0207. The van der Waals surface area contributed by atoms with Crippen molar-refractivity contribution in [3.05, 3.63) is 52.0 Å². The van der Waals surface area contributed by atoms with E-state index in [0.29, 0.717) is 18.8 Å². The first-order valence-electron chi connectivity index (χ1n) is 7.59. The Labute approximate surface area is 134 Å². The van der Waals surface area contributed by atoms with Gasteiger partial charge in [-0.1, -0.05) is 12.1 Å². The van der Waals surface area contributed by atoms with Crippen molar-refractivity contribution in [1.29, 1.82) is 0 Å². The van der Waals surface area contributed by atoms with Crippen molar-refractivity contribution in [1.82, 2.24) is 9.88 Å². The van der Waals surface area contributed by atoms with Crippen LogP contribution in [0.3, 0.4) is 0 Å². The van der Waals surface area contributed by atoms with Gasteiger partial charge >= 0.3 is 0 Å². The number of aryl methyl sites for hydroxylation is 1. The van der Waals surface area contributed by atoms with Gasteiger partial charge in [0.05, 0.1) is 12.6 Å². The number of aromatic nitrogens is 1. The molecule has 1 saturated heterocycles. The second kappa shape index (κ2) is 7.03. The number of carbonyl (C=O) groups excluding carboxylic acids is 1. The molecule has 116 valence electrons. The van der Waals surface area contributed by atoms with Gasteiger partial charge in [0.2, 0.25) is 0 Å². The smallest absolute Gasteiger partial charge is 0.272 e. The molecule has 1 atom stereocenters.